The predicted octanol–water partition coefficient (Wildman–Crippen LogP) is 4.61. The average molecular weight is 353 g/mol. The smallest absolute Gasteiger partial charge is 0.336 e. The zero-order valence-corrected chi connectivity index (χ0v) is 14.5. The summed E-state index contributed by atoms with van der Waals surface area (Å²) >= 11 is 6.16. The summed E-state index contributed by atoms with van der Waals surface area (Å²) in [5, 5.41) is 5.04. The van der Waals surface area contributed by atoms with Crippen molar-refractivity contribution >= 4 is 39.7 Å². The predicted molar refractivity (Wildman–Crippen MR) is 101 cm³/mol. The third-order valence-electron chi connectivity index (χ3n) is 4.34. The van der Waals surface area contributed by atoms with Crippen LogP contribution in [0.5, 0.6) is 0 Å². The Bertz CT molecular complexity index is 990. The van der Waals surface area contributed by atoms with Gasteiger partial charge in [0.25, 0.3) is 0 Å². The molecule has 126 valence electrons. The number of nitrogens with one attached hydrogen (secondary N) is 2. The highest BCUT2D eigenvalue weighted by Gasteiger charge is 2.28. The van der Waals surface area contributed by atoms with Gasteiger partial charge in [-0.2, -0.15) is 0 Å². The number of benzene rings is 2. The number of ether oxygens (including phenoxy) is 1. The van der Waals surface area contributed by atoms with E-state index in [2.05, 4.69) is 10.3 Å². The Kier molecular flexibility index (Phi) is 3.98. The molecule has 0 bridgehead atoms. The Morgan fingerprint density at radius 2 is 2.00 bits per heavy atom. The Hall–Kier alpha value is -2.72. The molecule has 0 saturated carbocycles. The number of hydrogen-bond acceptors (Lipinski definition) is 3. The van der Waals surface area contributed by atoms with Crippen molar-refractivity contribution in [1.82, 2.24) is 4.98 Å². The van der Waals surface area contributed by atoms with Crippen LogP contribution >= 0.6 is 11.6 Å². The first-order valence-electron chi connectivity index (χ1n) is 8.20. The Morgan fingerprint density at radius 1 is 1.20 bits per heavy atom. The molecule has 2 aromatic carbocycles. The lowest BCUT2D eigenvalue weighted by molar-refractivity contribution is -0.138. The van der Waals surface area contributed by atoms with Gasteiger partial charge >= 0.3 is 5.97 Å². The number of anilines is 1. The second-order valence-electron chi connectivity index (χ2n) is 5.86. The van der Waals surface area contributed by atoms with E-state index in [1.54, 1.807) is 0 Å². The lowest BCUT2D eigenvalue weighted by Gasteiger charge is -2.22. The number of rotatable bonds is 3. The molecule has 0 saturated heterocycles. The fourth-order valence-electron chi connectivity index (χ4n) is 3.27. The molecule has 0 radical (unpaired) electrons. The van der Waals surface area contributed by atoms with Gasteiger partial charge in [-0.05, 0) is 30.7 Å². The van der Waals surface area contributed by atoms with Crippen molar-refractivity contribution < 1.29 is 9.53 Å². The number of aromatic nitrogens is 1. The van der Waals surface area contributed by atoms with Gasteiger partial charge in [-0.1, -0.05) is 41.9 Å². The van der Waals surface area contributed by atoms with Gasteiger partial charge in [0, 0.05) is 28.0 Å². The first-order valence-corrected chi connectivity index (χ1v) is 8.58. The molecule has 4 rings (SSSR count). The summed E-state index contributed by atoms with van der Waals surface area (Å²) < 4.78 is 5.27. The molecule has 0 fully saturated rings. The van der Waals surface area contributed by atoms with E-state index >= 15 is 0 Å². The molecule has 2 heterocycles. The number of hydrogen-bond donors (Lipinski definition) is 2. The maximum atomic E-state index is 12.5. The zero-order valence-electron chi connectivity index (χ0n) is 13.7. The monoisotopic (exact) mass is 352 g/mol. The van der Waals surface area contributed by atoms with Gasteiger partial charge in [-0.3, -0.25) is 0 Å². The van der Waals surface area contributed by atoms with E-state index in [1.165, 1.54) is 0 Å². The molecular weight excluding hydrogens is 336 g/mol. The summed E-state index contributed by atoms with van der Waals surface area (Å²) in [5.41, 5.74) is 5.30. The van der Waals surface area contributed by atoms with E-state index in [0.29, 0.717) is 23.7 Å². The zero-order chi connectivity index (χ0) is 17.4. The molecule has 5 heteroatoms. The quantitative estimate of drug-likeness (QED) is 0.677. The van der Waals surface area contributed by atoms with Gasteiger partial charge in [-0.15, -0.1) is 0 Å². The van der Waals surface area contributed by atoms with Crippen LogP contribution in [-0.2, 0) is 9.53 Å². The van der Waals surface area contributed by atoms with Crippen molar-refractivity contribution in [3.63, 3.8) is 0 Å². The third kappa shape index (κ3) is 2.68. The van der Waals surface area contributed by atoms with E-state index in [1.807, 2.05) is 55.5 Å². The highest BCUT2D eigenvalue weighted by molar-refractivity contribution is 6.31. The van der Waals surface area contributed by atoms with Crippen molar-refractivity contribution in [2.75, 3.05) is 18.5 Å². The van der Waals surface area contributed by atoms with Crippen LogP contribution in [0, 0.1) is 0 Å². The van der Waals surface area contributed by atoms with Crippen molar-refractivity contribution in [2.24, 2.45) is 0 Å². The first kappa shape index (κ1) is 15.8. The van der Waals surface area contributed by atoms with Crippen LogP contribution in [-0.4, -0.2) is 24.1 Å². The number of carbonyl (C=O) groups excluding carboxylic acids is 1. The fraction of sp³-hybridized carbons (Fsp3) is 0.150. The SMILES string of the molecule is CCOC(=O)C1=C(c2ccccc2)c2[nH]c3ccc(Cl)cc3c2NC1. The maximum absolute atomic E-state index is 12.5. The van der Waals surface area contributed by atoms with Crippen LogP contribution in [0.1, 0.15) is 18.2 Å². The summed E-state index contributed by atoms with van der Waals surface area (Å²) in [6, 6.07) is 15.6. The van der Waals surface area contributed by atoms with Crippen molar-refractivity contribution in [1.29, 1.82) is 0 Å². The fourth-order valence-corrected chi connectivity index (χ4v) is 3.44. The molecular formula is C20H17ClN2O2. The number of fused-ring (bicyclic) bond motifs is 3. The third-order valence-corrected chi connectivity index (χ3v) is 4.57. The van der Waals surface area contributed by atoms with Crippen LogP contribution < -0.4 is 5.32 Å². The van der Waals surface area contributed by atoms with E-state index in [4.69, 9.17) is 16.3 Å². The lowest BCUT2D eigenvalue weighted by atomic mass is 9.93. The highest BCUT2D eigenvalue weighted by atomic mass is 35.5. The number of esters is 1. The van der Waals surface area contributed by atoms with Crippen LogP contribution in [0.15, 0.2) is 54.1 Å². The largest absolute Gasteiger partial charge is 0.463 e. The highest BCUT2D eigenvalue weighted by Crippen LogP contribution is 2.40. The van der Waals surface area contributed by atoms with Gasteiger partial charge in [-0.25, -0.2) is 4.79 Å². The maximum Gasteiger partial charge on any atom is 0.336 e. The minimum Gasteiger partial charge on any atom is -0.463 e. The number of H-pyrrole nitrogens is 1. The second-order valence-corrected chi connectivity index (χ2v) is 6.29. The van der Waals surface area contributed by atoms with E-state index in [0.717, 1.165) is 33.4 Å². The van der Waals surface area contributed by atoms with Crippen molar-refractivity contribution in [3.8, 4) is 0 Å². The van der Waals surface area contributed by atoms with Crippen molar-refractivity contribution in [3.05, 3.63) is 70.4 Å². The molecule has 0 spiro atoms. The van der Waals surface area contributed by atoms with Crippen LogP contribution in [0.25, 0.3) is 16.5 Å². The Labute approximate surface area is 150 Å². The summed E-state index contributed by atoms with van der Waals surface area (Å²) in [7, 11) is 0. The van der Waals surface area contributed by atoms with Crippen molar-refractivity contribution in [2.45, 2.75) is 6.92 Å². The molecule has 1 aromatic heterocycles. The molecule has 0 aliphatic carbocycles. The minimum absolute atomic E-state index is 0.295. The summed E-state index contributed by atoms with van der Waals surface area (Å²) in [6.07, 6.45) is 0. The number of aromatic amines is 1. The molecule has 3 aromatic rings. The molecule has 0 amide bonds. The number of halogens is 1. The van der Waals surface area contributed by atoms with E-state index < -0.39 is 0 Å². The van der Waals surface area contributed by atoms with Gasteiger partial charge < -0.3 is 15.0 Å². The molecule has 4 nitrogen and oxygen atoms in total. The van der Waals surface area contributed by atoms with E-state index in [-0.39, 0.29) is 5.97 Å². The van der Waals surface area contributed by atoms with E-state index in [9.17, 15) is 4.79 Å². The molecule has 25 heavy (non-hydrogen) atoms. The Balaban J connectivity index is 1.98. The molecule has 1 aliphatic rings. The molecule has 0 unspecified atom stereocenters. The van der Waals surface area contributed by atoms with Crippen LogP contribution in [0.2, 0.25) is 5.02 Å². The topological polar surface area (TPSA) is 54.1 Å². The molecule has 1 aliphatic heterocycles. The van der Waals surface area contributed by atoms with Gasteiger partial charge in [0.15, 0.2) is 0 Å². The van der Waals surface area contributed by atoms with Gasteiger partial charge in [0.05, 0.1) is 23.6 Å². The first-order chi connectivity index (χ1) is 12.2. The van der Waals surface area contributed by atoms with Gasteiger partial charge in [0.2, 0.25) is 0 Å². The van der Waals surface area contributed by atoms with Crippen LogP contribution in [0.3, 0.4) is 0 Å². The molecule has 2 N–H and O–H groups in total. The minimum atomic E-state index is -0.295. The summed E-state index contributed by atoms with van der Waals surface area (Å²) in [4.78, 5) is 15.9. The summed E-state index contributed by atoms with van der Waals surface area (Å²) in [6.45, 7) is 2.57. The summed E-state index contributed by atoms with van der Waals surface area (Å²) in [5.74, 6) is -0.295. The second kappa shape index (κ2) is 6.30. The average Bonchev–Trinajstić information content (AvgIpc) is 2.99. The standard InChI is InChI=1S/C20H17ClN2O2/c1-2-25-20(24)15-11-22-18-14-10-13(21)8-9-16(14)23-19(18)17(15)12-6-4-3-5-7-12/h3-10,22-23H,2,11H2,1H3. The lowest BCUT2D eigenvalue weighted by Crippen LogP contribution is -2.22. The molecule has 0 atom stereocenters. The number of carbonyl (C=O) groups is 1. The normalized spacial score (nSPS) is 13.5. The van der Waals surface area contributed by atoms with Gasteiger partial charge in [0.1, 0.15) is 0 Å². The Morgan fingerprint density at radius 3 is 2.76 bits per heavy atom. The van der Waals surface area contributed by atoms with Crippen LogP contribution in [0.4, 0.5) is 5.69 Å².